The van der Waals surface area contributed by atoms with E-state index in [1.54, 1.807) is 11.3 Å². The second-order valence-corrected chi connectivity index (χ2v) is 7.75. The first kappa shape index (κ1) is 19.3. The van der Waals surface area contributed by atoms with Crippen molar-refractivity contribution >= 4 is 40.4 Å². The smallest absolute Gasteiger partial charge is 0.411 e. The predicted molar refractivity (Wildman–Crippen MR) is 114 cm³/mol. The number of rotatable bonds is 7. The van der Waals surface area contributed by atoms with Gasteiger partial charge in [-0.2, -0.15) is 0 Å². The van der Waals surface area contributed by atoms with Crippen LogP contribution in [0.2, 0.25) is 4.34 Å². The molecule has 0 saturated heterocycles. The summed E-state index contributed by atoms with van der Waals surface area (Å²) in [5, 5.41) is 6.25. The Morgan fingerprint density at radius 3 is 2.63 bits per heavy atom. The predicted octanol–water partition coefficient (Wildman–Crippen LogP) is 6.64. The molecule has 0 fully saturated rings. The summed E-state index contributed by atoms with van der Waals surface area (Å²) in [5.41, 5.74) is 3.63. The molecule has 27 heavy (non-hydrogen) atoms. The van der Waals surface area contributed by atoms with Gasteiger partial charge in [0.1, 0.15) is 0 Å². The molecule has 4 nitrogen and oxygen atoms in total. The zero-order valence-electron chi connectivity index (χ0n) is 15.0. The number of carbonyl (C=O) groups excluding carboxylic acids is 1. The minimum atomic E-state index is -0.442. The van der Waals surface area contributed by atoms with Gasteiger partial charge >= 0.3 is 6.09 Å². The molecule has 0 aliphatic carbocycles. The van der Waals surface area contributed by atoms with Gasteiger partial charge in [0.05, 0.1) is 16.6 Å². The maximum atomic E-state index is 12.0. The van der Waals surface area contributed by atoms with Gasteiger partial charge in [-0.05, 0) is 42.3 Å². The van der Waals surface area contributed by atoms with Crippen LogP contribution in [0.4, 0.5) is 16.2 Å². The molecule has 3 rings (SSSR count). The molecule has 140 valence electrons. The minimum Gasteiger partial charge on any atom is -0.449 e. The largest absolute Gasteiger partial charge is 0.449 e. The third-order valence-corrected chi connectivity index (χ3v) is 5.11. The maximum absolute atomic E-state index is 12.0. The first-order valence-corrected chi connectivity index (χ1v) is 9.96. The summed E-state index contributed by atoms with van der Waals surface area (Å²) in [6.07, 6.45) is 0.345. The fourth-order valence-electron chi connectivity index (χ4n) is 2.60. The number of ether oxygens (including phenoxy) is 1. The Balaban J connectivity index is 1.81. The number of hydrogen-bond donors (Lipinski definition) is 2. The Kier molecular flexibility index (Phi) is 6.74. The Bertz CT molecular complexity index is 896. The molecule has 0 bridgehead atoms. The highest BCUT2D eigenvalue weighted by Gasteiger charge is 2.11. The highest BCUT2D eigenvalue weighted by atomic mass is 35.5. The van der Waals surface area contributed by atoms with Crippen LogP contribution in [0.5, 0.6) is 0 Å². The minimum absolute atomic E-state index is 0.398. The molecule has 0 spiro atoms. The number of nitrogens with one attached hydrogen (secondary N) is 2. The fraction of sp³-hybridized carbons (Fsp3) is 0.190. The molecule has 6 heteroatoms. The van der Waals surface area contributed by atoms with Gasteiger partial charge in [0.25, 0.3) is 0 Å². The van der Waals surface area contributed by atoms with E-state index in [4.69, 9.17) is 16.3 Å². The third-order valence-electron chi connectivity index (χ3n) is 3.87. The van der Waals surface area contributed by atoms with Crippen molar-refractivity contribution in [2.75, 3.05) is 17.2 Å². The molecule has 0 atom stereocenters. The lowest BCUT2D eigenvalue weighted by Gasteiger charge is -2.14. The zero-order chi connectivity index (χ0) is 19.1. The van der Waals surface area contributed by atoms with E-state index in [1.165, 1.54) is 0 Å². The van der Waals surface area contributed by atoms with Crippen molar-refractivity contribution in [2.24, 2.45) is 0 Å². The highest BCUT2D eigenvalue weighted by molar-refractivity contribution is 7.16. The van der Waals surface area contributed by atoms with E-state index in [9.17, 15) is 4.79 Å². The van der Waals surface area contributed by atoms with E-state index in [0.29, 0.717) is 18.8 Å². The van der Waals surface area contributed by atoms with Crippen LogP contribution in [0.3, 0.4) is 0 Å². The van der Waals surface area contributed by atoms with Crippen molar-refractivity contribution in [1.82, 2.24) is 0 Å². The van der Waals surface area contributed by atoms with E-state index < -0.39 is 6.09 Å². The SMILES string of the molecule is CCCOC(=O)Nc1ccc(NCc2ccc(Cl)s2)cc1-c1ccccc1. The quantitative estimate of drug-likeness (QED) is 0.467. The average Bonchev–Trinajstić information content (AvgIpc) is 3.11. The molecule has 1 amide bonds. The van der Waals surface area contributed by atoms with Gasteiger partial charge in [0.2, 0.25) is 0 Å². The summed E-state index contributed by atoms with van der Waals surface area (Å²) >= 11 is 7.55. The Labute approximate surface area is 168 Å². The van der Waals surface area contributed by atoms with Crippen LogP contribution in [0.15, 0.2) is 60.7 Å². The van der Waals surface area contributed by atoms with Gasteiger partial charge in [0, 0.05) is 22.7 Å². The second kappa shape index (κ2) is 9.44. The van der Waals surface area contributed by atoms with E-state index in [-0.39, 0.29) is 0 Å². The number of benzene rings is 2. The molecule has 0 saturated carbocycles. The van der Waals surface area contributed by atoms with Gasteiger partial charge in [0.15, 0.2) is 0 Å². The number of carbonyl (C=O) groups is 1. The van der Waals surface area contributed by atoms with E-state index >= 15 is 0 Å². The third kappa shape index (κ3) is 5.49. The van der Waals surface area contributed by atoms with Crippen molar-refractivity contribution < 1.29 is 9.53 Å². The van der Waals surface area contributed by atoms with Crippen LogP contribution in [0, 0.1) is 0 Å². The van der Waals surface area contributed by atoms with Crippen LogP contribution in [0.1, 0.15) is 18.2 Å². The van der Waals surface area contributed by atoms with Crippen LogP contribution in [0.25, 0.3) is 11.1 Å². The lowest BCUT2D eigenvalue weighted by atomic mass is 10.0. The van der Waals surface area contributed by atoms with Crippen LogP contribution in [-0.4, -0.2) is 12.7 Å². The van der Waals surface area contributed by atoms with Gasteiger partial charge in [-0.3, -0.25) is 5.32 Å². The molecular weight excluding hydrogens is 380 g/mol. The first-order chi connectivity index (χ1) is 13.2. The molecule has 0 aliphatic heterocycles. The molecule has 0 unspecified atom stereocenters. The molecule has 1 aromatic heterocycles. The summed E-state index contributed by atoms with van der Waals surface area (Å²) in [6, 6.07) is 19.7. The van der Waals surface area contributed by atoms with Crippen LogP contribution in [-0.2, 0) is 11.3 Å². The van der Waals surface area contributed by atoms with E-state index in [0.717, 1.165) is 32.4 Å². The van der Waals surface area contributed by atoms with Crippen LogP contribution >= 0.6 is 22.9 Å². The van der Waals surface area contributed by atoms with Gasteiger partial charge in [-0.15, -0.1) is 11.3 Å². The first-order valence-electron chi connectivity index (χ1n) is 8.77. The molecule has 2 N–H and O–H groups in total. The number of anilines is 2. The zero-order valence-corrected chi connectivity index (χ0v) is 16.6. The van der Waals surface area contributed by atoms with Gasteiger partial charge in [-0.25, -0.2) is 4.79 Å². The van der Waals surface area contributed by atoms with Crippen molar-refractivity contribution in [3.8, 4) is 11.1 Å². The summed E-state index contributed by atoms with van der Waals surface area (Å²) in [4.78, 5) is 13.2. The Morgan fingerprint density at radius 1 is 1.11 bits per heavy atom. The normalized spacial score (nSPS) is 10.4. The molecule has 2 aromatic carbocycles. The molecule has 1 heterocycles. The second-order valence-electron chi connectivity index (χ2n) is 5.95. The number of amides is 1. The highest BCUT2D eigenvalue weighted by Crippen LogP contribution is 2.31. The lowest BCUT2D eigenvalue weighted by molar-refractivity contribution is 0.161. The fourth-order valence-corrected chi connectivity index (χ4v) is 3.62. The summed E-state index contributed by atoms with van der Waals surface area (Å²) in [6.45, 7) is 3.05. The number of halogens is 1. The van der Waals surface area contributed by atoms with Crippen molar-refractivity contribution in [1.29, 1.82) is 0 Å². The summed E-state index contributed by atoms with van der Waals surface area (Å²) in [5.74, 6) is 0. The van der Waals surface area contributed by atoms with Gasteiger partial charge in [-0.1, -0.05) is 48.9 Å². The van der Waals surface area contributed by atoms with Gasteiger partial charge < -0.3 is 10.1 Å². The van der Waals surface area contributed by atoms with E-state index in [1.807, 2.05) is 67.6 Å². The van der Waals surface area contributed by atoms with Crippen molar-refractivity contribution in [2.45, 2.75) is 19.9 Å². The average molecular weight is 401 g/mol. The summed E-state index contributed by atoms with van der Waals surface area (Å²) in [7, 11) is 0. The Hall–Kier alpha value is -2.50. The number of hydrogen-bond acceptors (Lipinski definition) is 4. The molecule has 0 aliphatic rings. The van der Waals surface area contributed by atoms with Crippen molar-refractivity contribution in [3.63, 3.8) is 0 Å². The van der Waals surface area contributed by atoms with Crippen LogP contribution < -0.4 is 10.6 Å². The monoisotopic (exact) mass is 400 g/mol. The Morgan fingerprint density at radius 2 is 1.93 bits per heavy atom. The molecule has 0 radical (unpaired) electrons. The lowest BCUT2D eigenvalue weighted by Crippen LogP contribution is -2.14. The van der Waals surface area contributed by atoms with E-state index in [2.05, 4.69) is 10.6 Å². The maximum Gasteiger partial charge on any atom is 0.411 e. The molecule has 3 aromatic rings. The standard InChI is InChI=1S/C21H21ClN2O2S/c1-2-12-26-21(25)24-19-10-8-16(23-14-17-9-11-20(22)27-17)13-18(19)15-6-4-3-5-7-15/h3-11,13,23H,2,12,14H2,1H3,(H,24,25). The molecular formula is C21H21ClN2O2S. The number of thiophene rings is 1. The summed E-state index contributed by atoms with van der Waals surface area (Å²) < 4.78 is 5.93. The topological polar surface area (TPSA) is 50.4 Å². The van der Waals surface area contributed by atoms with Crippen molar-refractivity contribution in [3.05, 3.63) is 69.9 Å².